The van der Waals surface area contributed by atoms with Crippen LogP contribution in [0.1, 0.15) is 29.4 Å². The lowest BCUT2D eigenvalue weighted by molar-refractivity contribution is 0.0942. The second-order valence-electron chi connectivity index (χ2n) is 7.33. The van der Waals surface area contributed by atoms with Crippen molar-refractivity contribution in [3.63, 3.8) is 0 Å². The molecule has 4 heterocycles. The largest absolute Gasteiger partial charge is 0.463 e. The Balaban J connectivity index is 1.67. The first-order valence-electron chi connectivity index (χ1n) is 9.98. The Morgan fingerprint density at radius 3 is 2.68 bits per heavy atom. The number of furan rings is 1. The summed E-state index contributed by atoms with van der Waals surface area (Å²) in [5, 5.41) is 3.24. The highest BCUT2D eigenvalue weighted by Gasteiger charge is 2.20. The summed E-state index contributed by atoms with van der Waals surface area (Å²) in [5.74, 6) is 0.323. The van der Waals surface area contributed by atoms with Gasteiger partial charge in [0.2, 0.25) is 0 Å². The van der Waals surface area contributed by atoms with E-state index in [4.69, 9.17) is 4.42 Å². The number of carbonyl (C=O) groups excluding carboxylic acids is 1. The van der Waals surface area contributed by atoms with E-state index in [2.05, 4.69) is 10.3 Å². The molecule has 0 bridgehead atoms. The SMILES string of the molecule is CCCn1c(C(=O)NCc2ccnc(-c3ccco3)c2)cc2c(=O)n(C)c(=O)n(C)c21. The molecular formula is C22H23N5O4. The van der Waals surface area contributed by atoms with E-state index in [0.717, 1.165) is 16.6 Å². The molecule has 0 atom stereocenters. The van der Waals surface area contributed by atoms with Crippen LogP contribution in [0, 0.1) is 0 Å². The van der Waals surface area contributed by atoms with Crippen molar-refractivity contribution in [3.05, 3.63) is 74.9 Å². The summed E-state index contributed by atoms with van der Waals surface area (Å²) in [7, 11) is 3.03. The van der Waals surface area contributed by atoms with Gasteiger partial charge in [-0.1, -0.05) is 6.92 Å². The third-order valence-corrected chi connectivity index (χ3v) is 5.23. The molecule has 0 aliphatic carbocycles. The molecule has 1 N–H and O–H groups in total. The molecular weight excluding hydrogens is 398 g/mol. The number of hydrogen-bond donors (Lipinski definition) is 1. The molecule has 0 saturated heterocycles. The van der Waals surface area contributed by atoms with Gasteiger partial charge in [-0.15, -0.1) is 0 Å². The highest BCUT2D eigenvalue weighted by Crippen LogP contribution is 2.19. The zero-order valence-corrected chi connectivity index (χ0v) is 17.6. The van der Waals surface area contributed by atoms with E-state index >= 15 is 0 Å². The average Bonchev–Trinajstić information content (AvgIpc) is 3.44. The summed E-state index contributed by atoms with van der Waals surface area (Å²) in [6.07, 6.45) is 3.98. The molecule has 0 saturated carbocycles. The minimum atomic E-state index is -0.429. The molecule has 0 aromatic carbocycles. The van der Waals surface area contributed by atoms with E-state index in [0.29, 0.717) is 34.7 Å². The first-order chi connectivity index (χ1) is 14.9. The Morgan fingerprint density at radius 2 is 1.97 bits per heavy atom. The molecule has 4 rings (SSSR count). The van der Waals surface area contributed by atoms with Crippen LogP contribution in [-0.4, -0.2) is 24.6 Å². The number of aromatic nitrogens is 4. The van der Waals surface area contributed by atoms with E-state index in [9.17, 15) is 14.4 Å². The number of aryl methyl sites for hydroxylation is 2. The van der Waals surface area contributed by atoms with Gasteiger partial charge in [-0.05, 0) is 42.3 Å². The second kappa shape index (κ2) is 8.10. The third-order valence-electron chi connectivity index (χ3n) is 5.23. The molecule has 0 aliphatic rings. The summed E-state index contributed by atoms with van der Waals surface area (Å²) in [5.41, 5.74) is 1.48. The van der Waals surface area contributed by atoms with Crippen LogP contribution in [0.3, 0.4) is 0 Å². The normalized spacial score (nSPS) is 11.2. The molecule has 0 aliphatic heterocycles. The molecule has 160 valence electrons. The van der Waals surface area contributed by atoms with Crippen molar-refractivity contribution < 1.29 is 9.21 Å². The van der Waals surface area contributed by atoms with Gasteiger partial charge in [0.25, 0.3) is 11.5 Å². The Kier molecular flexibility index (Phi) is 5.33. The first kappa shape index (κ1) is 20.4. The van der Waals surface area contributed by atoms with Gasteiger partial charge in [-0.2, -0.15) is 0 Å². The van der Waals surface area contributed by atoms with E-state index in [-0.39, 0.29) is 12.5 Å². The minimum absolute atomic E-state index is 0.277. The van der Waals surface area contributed by atoms with Gasteiger partial charge >= 0.3 is 5.69 Å². The Hall–Kier alpha value is -3.88. The fourth-order valence-electron chi connectivity index (χ4n) is 3.70. The zero-order chi connectivity index (χ0) is 22.1. The van der Waals surface area contributed by atoms with Crippen LogP contribution >= 0.6 is 0 Å². The van der Waals surface area contributed by atoms with Gasteiger partial charge in [0.15, 0.2) is 5.76 Å². The standard InChI is InChI=1S/C22H23N5O4/c1-4-9-27-17(12-15-20(27)25(2)22(30)26(3)21(15)29)19(28)24-13-14-7-8-23-16(11-14)18-6-5-10-31-18/h5-8,10-12H,4,9,13H2,1-3H3,(H,24,28). The van der Waals surface area contributed by atoms with Crippen molar-refractivity contribution in [1.29, 1.82) is 0 Å². The summed E-state index contributed by atoms with van der Waals surface area (Å²) in [4.78, 5) is 42.3. The molecule has 31 heavy (non-hydrogen) atoms. The molecule has 0 spiro atoms. The summed E-state index contributed by atoms with van der Waals surface area (Å²) in [6, 6.07) is 8.82. The molecule has 9 heteroatoms. The van der Waals surface area contributed by atoms with Crippen LogP contribution in [0.5, 0.6) is 0 Å². The van der Waals surface area contributed by atoms with Gasteiger partial charge in [0.1, 0.15) is 17.0 Å². The number of rotatable bonds is 6. The summed E-state index contributed by atoms with van der Waals surface area (Å²) >= 11 is 0. The van der Waals surface area contributed by atoms with Gasteiger partial charge < -0.3 is 14.3 Å². The van der Waals surface area contributed by atoms with Gasteiger partial charge in [0.05, 0.1) is 11.6 Å². The quantitative estimate of drug-likeness (QED) is 0.513. The highest BCUT2D eigenvalue weighted by molar-refractivity contribution is 5.97. The van der Waals surface area contributed by atoms with E-state index in [1.54, 1.807) is 36.2 Å². The van der Waals surface area contributed by atoms with Crippen LogP contribution in [0.15, 0.2) is 56.8 Å². The lowest BCUT2D eigenvalue weighted by atomic mass is 10.2. The van der Waals surface area contributed by atoms with E-state index in [1.807, 2.05) is 25.1 Å². The van der Waals surface area contributed by atoms with Crippen LogP contribution in [0.2, 0.25) is 0 Å². The maximum absolute atomic E-state index is 13.0. The number of nitrogens with one attached hydrogen (secondary N) is 1. The fourth-order valence-corrected chi connectivity index (χ4v) is 3.70. The molecule has 4 aromatic heterocycles. The van der Waals surface area contributed by atoms with Crippen molar-refractivity contribution >= 4 is 16.9 Å². The average molecular weight is 421 g/mol. The lowest BCUT2D eigenvalue weighted by Gasteiger charge is -2.12. The van der Waals surface area contributed by atoms with Crippen molar-refractivity contribution in [2.24, 2.45) is 14.1 Å². The van der Waals surface area contributed by atoms with Gasteiger partial charge in [-0.25, -0.2) is 4.79 Å². The summed E-state index contributed by atoms with van der Waals surface area (Å²) < 4.78 is 9.56. The number of hydrogen-bond acceptors (Lipinski definition) is 5. The number of pyridine rings is 1. The van der Waals surface area contributed by atoms with Crippen LogP contribution in [0.25, 0.3) is 22.5 Å². The number of amides is 1. The number of nitrogens with zero attached hydrogens (tertiary/aromatic N) is 4. The first-order valence-corrected chi connectivity index (χ1v) is 9.98. The molecule has 0 unspecified atom stereocenters. The second-order valence-corrected chi connectivity index (χ2v) is 7.33. The van der Waals surface area contributed by atoms with Gasteiger partial charge in [0, 0.05) is 33.4 Å². The molecule has 9 nitrogen and oxygen atoms in total. The highest BCUT2D eigenvalue weighted by atomic mass is 16.3. The summed E-state index contributed by atoms with van der Waals surface area (Å²) in [6.45, 7) is 2.75. The Labute approximate surface area is 177 Å². The number of carbonyl (C=O) groups is 1. The van der Waals surface area contributed by atoms with Gasteiger partial charge in [-0.3, -0.25) is 23.7 Å². The van der Waals surface area contributed by atoms with Crippen molar-refractivity contribution in [2.75, 3.05) is 0 Å². The van der Waals surface area contributed by atoms with E-state index in [1.165, 1.54) is 11.6 Å². The fraction of sp³-hybridized carbons (Fsp3) is 0.273. The van der Waals surface area contributed by atoms with Crippen molar-refractivity contribution in [2.45, 2.75) is 26.4 Å². The predicted molar refractivity (Wildman–Crippen MR) is 116 cm³/mol. The maximum Gasteiger partial charge on any atom is 0.332 e. The smallest absolute Gasteiger partial charge is 0.332 e. The number of fused-ring (bicyclic) bond motifs is 1. The van der Waals surface area contributed by atoms with Crippen molar-refractivity contribution in [1.82, 2.24) is 24.0 Å². The maximum atomic E-state index is 13.0. The minimum Gasteiger partial charge on any atom is -0.463 e. The predicted octanol–water partition coefficient (Wildman–Crippen LogP) is 2.03. The van der Waals surface area contributed by atoms with Crippen LogP contribution in [-0.2, 0) is 27.2 Å². The van der Waals surface area contributed by atoms with Crippen molar-refractivity contribution in [3.8, 4) is 11.5 Å². The van der Waals surface area contributed by atoms with E-state index < -0.39 is 11.2 Å². The lowest BCUT2D eigenvalue weighted by Crippen LogP contribution is -2.37. The Morgan fingerprint density at radius 1 is 1.16 bits per heavy atom. The molecule has 1 amide bonds. The molecule has 0 radical (unpaired) electrons. The Bertz CT molecular complexity index is 1380. The third kappa shape index (κ3) is 3.58. The monoisotopic (exact) mass is 421 g/mol. The van der Waals surface area contributed by atoms with Crippen LogP contribution < -0.4 is 16.6 Å². The zero-order valence-electron chi connectivity index (χ0n) is 17.6. The molecule has 0 fully saturated rings. The topological polar surface area (TPSA) is 104 Å². The molecule has 4 aromatic rings. The van der Waals surface area contributed by atoms with Crippen LogP contribution in [0.4, 0.5) is 0 Å².